The fourth-order valence-electron chi connectivity index (χ4n) is 2.44. The number of ether oxygens (including phenoxy) is 1. The van der Waals surface area contributed by atoms with E-state index in [9.17, 15) is 15.0 Å². The Balaban J connectivity index is 2.08. The lowest BCUT2D eigenvalue weighted by Crippen LogP contribution is -2.10. The van der Waals surface area contributed by atoms with E-state index in [4.69, 9.17) is 4.74 Å². The average molecular weight is 367 g/mol. The van der Waals surface area contributed by atoms with E-state index in [0.717, 1.165) is 17.3 Å². The van der Waals surface area contributed by atoms with E-state index in [1.807, 2.05) is 25.1 Å². The third-order valence-electron chi connectivity index (χ3n) is 3.74. The summed E-state index contributed by atoms with van der Waals surface area (Å²) in [5, 5.41) is 20.9. The highest BCUT2D eigenvalue weighted by molar-refractivity contribution is 8.18. The fraction of sp³-hybridized carbons (Fsp3) is 0.100. The van der Waals surface area contributed by atoms with E-state index in [2.05, 4.69) is 4.99 Å². The van der Waals surface area contributed by atoms with Crippen molar-refractivity contribution in [3.8, 4) is 5.75 Å². The molecule has 0 aliphatic carbocycles. The molecule has 2 aromatic carbocycles. The molecule has 6 heteroatoms. The van der Waals surface area contributed by atoms with Crippen molar-refractivity contribution in [2.24, 2.45) is 4.99 Å². The highest BCUT2D eigenvalue weighted by Gasteiger charge is 2.33. The van der Waals surface area contributed by atoms with Crippen LogP contribution >= 0.6 is 11.8 Å². The molecule has 0 saturated carbocycles. The molecule has 2 N–H and O–H groups in total. The first-order chi connectivity index (χ1) is 12.5. The number of carbonyl (C=O) groups is 1. The Morgan fingerprint density at radius 2 is 1.88 bits per heavy atom. The summed E-state index contributed by atoms with van der Waals surface area (Å²) in [6.45, 7) is 1.90. The number of phenols is 1. The predicted molar refractivity (Wildman–Crippen MR) is 104 cm³/mol. The Labute approximate surface area is 155 Å². The standard InChI is InChI=1S/C20H17NO4S/c1-12-8-9-15(22)13(10-12)11-16-18(23)17(20(24)25-2)19(26-16)21-14-6-4-3-5-7-14/h3-11,22-23H,1-2H3/b16-11+,21-19?. The fourth-order valence-corrected chi connectivity index (χ4v) is 3.47. The quantitative estimate of drug-likeness (QED) is 0.781. The maximum atomic E-state index is 12.1. The number of carbonyl (C=O) groups excluding carboxylic acids is 1. The van der Waals surface area contributed by atoms with Crippen molar-refractivity contribution in [2.75, 3.05) is 7.11 Å². The van der Waals surface area contributed by atoms with Gasteiger partial charge in [-0.1, -0.05) is 41.6 Å². The summed E-state index contributed by atoms with van der Waals surface area (Å²) >= 11 is 1.15. The predicted octanol–water partition coefficient (Wildman–Crippen LogP) is 4.50. The summed E-state index contributed by atoms with van der Waals surface area (Å²) in [5.41, 5.74) is 2.18. The number of aryl methyl sites for hydroxylation is 1. The molecule has 0 saturated heterocycles. The van der Waals surface area contributed by atoms with Crippen LogP contribution in [0.1, 0.15) is 11.1 Å². The molecule has 5 nitrogen and oxygen atoms in total. The van der Waals surface area contributed by atoms with Gasteiger partial charge in [-0.25, -0.2) is 9.79 Å². The number of esters is 1. The van der Waals surface area contributed by atoms with Crippen LogP contribution in [0.2, 0.25) is 0 Å². The number of hydrogen-bond donors (Lipinski definition) is 2. The molecule has 1 aliphatic heterocycles. The average Bonchev–Trinajstić information content (AvgIpc) is 2.93. The number of aromatic hydroxyl groups is 1. The number of aliphatic imine (C=N–C) groups is 1. The first-order valence-electron chi connectivity index (χ1n) is 7.85. The zero-order valence-electron chi connectivity index (χ0n) is 14.3. The van der Waals surface area contributed by atoms with E-state index in [1.54, 1.807) is 36.4 Å². The molecule has 3 rings (SSSR count). The molecule has 0 fully saturated rings. The summed E-state index contributed by atoms with van der Waals surface area (Å²) in [6.07, 6.45) is 1.62. The lowest BCUT2D eigenvalue weighted by atomic mass is 10.1. The van der Waals surface area contributed by atoms with Crippen LogP contribution < -0.4 is 0 Å². The van der Waals surface area contributed by atoms with Gasteiger partial charge in [-0.2, -0.15) is 0 Å². The van der Waals surface area contributed by atoms with Gasteiger partial charge in [-0.05, 0) is 37.3 Å². The number of nitrogens with zero attached hydrogens (tertiary/aromatic N) is 1. The molecule has 26 heavy (non-hydrogen) atoms. The summed E-state index contributed by atoms with van der Waals surface area (Å²) < 4.78 is 4.79. The number of rotatable bonds is 3. The first kappa shape index (κ1) is 17.8. The Kier molecular flexibility index (Phi) is 5.14. The van der Waals surface area contributed by atoms with Gasteiger partial charge in [0.1, 0.15) is 22.1 Å². The van der Waals surface area contributed by atoms with Crippen molar-refractivity contribution in [3.63, 3.8) is 0 Å². The Morgan fingerprint density at radius 1 is 1.15 bits per heavy atom. The van der Waals surface area contributed by atoms with Gasteiger partial charge in [0.15, 0.2) is 0 Å². The summed E-state index contributed by atoms with van der Waals surface area (Å²) in [6, 6.07) is 14.3. The lowest BCUT2D eigenvalue weighted by Gasteiger charge is -2.03. The second-order valence-electron chi connectivity index (χ2n) is 5.64. The molecule has 2 aromatic rings. The molecule has 1 heterocycles. The van der Waals surface area contributed by atoms with Gasteiger partial charge in [0.05, 0.1) is 17.7 Å². The Morgan fingerprint density at radius 3 is 2.58 bits per heavy atom. The third kappa shape index (κ3) is 3.65. The summed E-state index contributed by atoms with van der Waals surface area (Å²) in [4.78, 5) is 17.0. The van der Waals surface area contributed by atoms with Crippen LogP contribution in [0.15, 0.2) is 69.8 Å². The smallest absolute Gasteiger partial charge is 0.344 e. The van der Waals surface area contributed by atoms with Gasteiger partial charge in [0.25, 0.3) is 0 Å². The van der Waals surface area contributed by atoms with Crippen molar-refractivity contribution in [1.29, 1.82) is 0 Å². The lowest BCUT2D eigenvalue weighted by molar-refractivity contribution is -0.135. The monoisotopic (exact) mass is 367 g/mol. The van der Waals surface area contributed by atoms with Crippen molar-refractivity contribution >= 4 is 34.5 Å². The number of hydrogen-bond acceptors (Lipinski definition) is 6. The largest absolute Gasteiger partial charge is 0.507 e. The topological polar surface area (TPSA) is 79.1 Å². The molecule has 132 valence electrons. The second kappa shape index (κ2) is 7.49. The first-order valence-corrected chi connectivity index (χ1v) is 8.66. The Bertz CT molecular complexity index is 946. The number of aliphatic hydroxyl groups excluding tert-OH is 1. The van der Waals surface area contributed by atoms with Gasteiger partial charge in [0, 0.05) is 5.56 Å². The molecular formula is C20H17NO4S. The second-order valence-corrected chi connectivity index (χ2v) is 6.67. The maximum Gasteiger partial charge on any atom is 0.344 e. The van der Waals surface area contributed by atoms with Gasteiger partial charge in [-0.3, -0.25) is 0 Å². The molecule has 0 radical (unpaired) electrons. The number of para-hydroxylation sites is 1. The van der Waals surface area contributed by atoms with Crippen molar-refractivity contribution in [2.45, 2.75) is 6.92 Å². The van der Waals surface area contributed by atoms with Gasteiger partial charge >= 0.3 is 5.97 Å². The van der Waals surface area contributed by atoms with Gasteiger partial charge in [0.2, 0.25) is 0 Å². The van der Waals surface area contributed by atoms with E-state index >= 15 is 0 Å². The van der Waals surface area contributed by atoms with E-state index in [0.29, 0.717) is 21.2 Å². The normalized spacial score (nSPS) is 17.2. The maximum absolute atomic E-state index is 12.1. The minimum Gasteiger partial charge on any atom is -0.507 e. The van der Waals surface area contributed by atoms with E-state index in [-0.39, 0.29) is 17.1 Å². The van der Waals surface area contributed by atoms with Crippen molar-refractivity contribution in [1.82, 2.24) is 0 Å². The van der Waals surface area contributed by atoms with Crippen LogP contribution in [0.4, 0.5) is 5.69 Å². The van der Waals surface area contributed by atoms with E-state index in [1.165, 1.54) is 7.11 Å². The zero-order chi connectivity index (χ0) is 18.7. The number of thioether (sulfide) groups is 1. The molecule has 0 amide bonds. The van der Waals surface area contributed by atoms with Gasteiger partial charge in [-0.15, -0.1) is 0 Å². The van der Waals surface area contributed by atoms with Crippen LogP contribution in [-0.2, 0) is 9.53 Å². The van der Waals surface area contributed by atoms with Crippen molar-refractivity contribution < 1.29 is 19.7 Å². The molecule has 0 bridgehead atoms. The van der Waals surface area contributed by atoms with Crippen molar-refractivity contribution in [3.05, 3.63) is 75.9 Å². The van der Waals surface area contributed by atoms with E-state index < -0.39 is 5.97 Å². The van der Waals surface area contributed by atoms with Crippen LogP contribution in [0.5, 0.6) is 5.75 Å². The molecule has 0 atom stereocenters. The molecule has 1 aliphatic rings. The summed E-state index contributed by atoms with van der Waals surface area (Å²) in [7, 11) is 1.25. The minimum absolute atomic E-state index is 0.0137. The number of benzene rings is 2. The summed E-state index contributed by atoms with van der Waals surface area (Å²) in [5.74, 6) is -0.788. The Hall–Kier alpha value is -2.99. The molecule has 0 spiro atoms. The molecular weight excluding hydrogens is 350 g/mol. The highest BCUT2D eigenvalue weighted by Crippen LogP contribution is 2.41. The minimum atomic E-state index is -0.665. The molecule has 0 unspecified atom stereocenters. The van der Waals surface area contributed by atoms with Crippen LogP contribution in [0.3, 0.4) is 0 Å². The number of methoxy groups -OCH3 is 1. The number of phenolic OH excluding ortho intramolecular Hbond substituents is 1. The van der Waals surface area contributed by atoms with Crippen LogP contribution in [-0.4, -0.2) is 28.3 Å². The SMILES string of the molecule is COC(=O)C1=C(O)/C(=C\c2cc(C)ccc2O)SC1=Nc1ccccc1. The molecule has 0 aromatic heterocycles. The highest BCUT2D eigenvalue weighted by atomic mass is 32.2. The van der Waals surface area contributed by atoms with Crippen LogP contribution in [0, 0.1) is 6.92 Å². The van der Waals surface area contributed by atoms with Crippen LogP contribution in [0.25, 0.3) is 6.08 Å². The number of aliphatic hydroxyl groups is 1. The van der Waals surface area contributed by atoms with Gasteiger partial charge < -0.3 is 14.9 Å². The zero-order valence-corrected chi connectivity index (χ0v) is 15.1. The third-order valence-corrected chi connectivity index (χ3v) is 4.76.